The molecule has 0 aliphatic carbocycles. The molecule has 7 nitrogen and oxygen atoms in total. The van der Waals surface area contributed by atoms with Gasteiger partial charge in [-0.1, -0.05) is 6.07 Å². The molecular weight excluding hydrogens is 246 g/mol. The summed E-state index contributed by atoms with van der Waals surface area (Å²) < 4.78 is 1.65. The lowest BCUT2D eigenvalue weighted by Crippen LogP contribution is -2.08. The lowest BCUT2D eigenvalue weighted by Gasteiger charge is -2.08. The zero-order valence-electron chi connectivity index (χ0n) is 10.8. The van der Waals surface area contributed by atoms with Crippen molar-refractivity contribution in [2.24, 2.45) is 7.05 Å². The van der Waals surface area contributed by atoms with Gasteiger partial charge in [-0.05, 0) is 13.0 Å². The summed E-state index contributed by atoms with van der Waals surface area (Å²) >= 11 is 0. The number of nitrogens with zero attached hydrogens (tertiary/aromatic N) is 4. The van der Waals surface area contributed by atoms with Gasteiger partial charge in [0.1, 0.15) is 6.33 Å². The minimum atomic E-state index is -0.374. The number of hydrogen-bond acceptors (Lipinski definition) is 5. The molecule has 0 aliphatic heterocycles. The number of aromatic nitrogens is 3. The molecule has 1 N–H and O–H groups in total. The summed E-state index contributed by atoms with van der Waals surface area (Å²) in [5.41, 5.74) is 1.53. The lowest BCUT2D eigenvalue weighted by molar-refractivity contribution is -0.385. The number of nitro groups is 1. The second-order valence-corrected chi connectivity index (χ2v) is 4.22. The Morgan fingerprint density at radius 2 is 2.26 bits per heavy atom. The molecule has 0 unspecified atom stereocenters. The molecule has 1 aromatic heterocycles. The quantitative estimate of drug-likeness (QED) is 0.653. The summed E-state index contributed by atoms with van der Waals surface area (Å²) in [7, 11) is 1.81. The van der Waals surface area contributed by atoms with E-state index < -0.39 is 0 Å². The first-order valence-electron chi connectivity index (χ1n) is 5.90. The van der Waals surface area contributed by atoms with Gasteiger partial charge in [-0.15, -0.1) is 0 Å². The van der Waals surface area contributed by atoms with Crippen LogP contribution in [0.4, 0.5) is 11.4 Å². The van der Waals surface area contributed by atoms with Gasteiger partial charge in [-0.3, -0.25) is 14.8 Å². The number of anilines is 1. The number of nitro benzene ring substituents is 1. The van der Waals surface area contributed by atoms with Crippen LogP contribution in [-0.2, 0) is 13.5 Å². The molecule has 2 rings (SSSR count). The van der Waals surface area contributed by atoms with E-state index in [4.69, 9.17) is 0 Å². The lowest BCUT2D eigenvalue weighted by atomic mass is 10.1. The first-order valence-corrected chi connectivity index (χ1v) is 5.90. The van der Waals surface area contributed by atoms with E-state index in [1.807, 2.05) is 13.1 Å². The first kappa shape index (κ1) is 13.0. The standard InChI is InChI=1S/C12H15N5O2/c1-9-10(4-3-5-11(9)17(18)19)13-7-6-12-14-8-16(2)15-12/h3-5,8,13H,6-7H2,1-2H3. The largest absolute Gasteiger partial charge is 0.384 e. The Kier molecular flexibility index (Phi) is 3.74. The average Bonchev–Trinajstić information content (AvgIpc) is 2.77. The van der Waals surface area contributed by atoms with E-state index in [9.17, 15) is 10.1 Å². The van der Waals surface area contributed by atoms with Crippen LogP contribution in [0.25, 0.3) is 0 Å². The summed E-state index contributed by atoms with van der Waals surface area (Å²) in [6.45, 7) is 2.37. The molecule has 7 heteroatoms. The Morgan fingerprint density at radius 3 is 2.89 bits per heavy atom. The number of aryl methyl sites for hydroxylation is 1. The topological polar surface area (TPSA) is 85.9 Å². The van der Waals surface area contributed by atoms with Crippen LogP contribution in [0.15, 0.2) is 24.5 Å². The molecule has 0 amide bonds. The van der Waals surface area contributed by atoms with Crippen LogP contribution in [0.5, 0.6) is 0 Å². The maximum absolute atomic E-state index is 10.8. The van der Waals surface area contributed by atoms with Crippen LogP contribution < -0.4 is 5.32 Å². The van der Waals surface area contributed by atoms with Crippen LogP contribution in [0, 0.1) is 17.0 Å². The Hall–Kier alpha value is -2.44. The minimum absolute atomic E-state index is 0.126. The molecule has 2 aromatic rings. The van der Waals surface area contributed by atoms with E-state index in [1.54, 1.807) is 24.0 Å². The maximum Gasteiger partial charge on any atom is 0.274 e. The molecule has 0 saturated carbocycles. The van der Waals surface area contributed by atoms with Gasteiger partial charge in [0.05, 0.1) is 4.92 Å². The van der Waals surface area contributed by atoms with E-state index in [0.29, 0.717) is 18.5 Å². The van der Waals surface area contributed by atoms with Crippen LogP contribution >= 0.6 is 0 Å². The van der Waals surface area contributed by atoms with Crippen LogP contribution in [0.2, 0.25) is 0 Å². The summed E-state index contributed by atoms with van der Waals surface area (Å²) in [5, 5.41) is 18.2. The normalized spacial score (nSPS) is 10.4. The van der Waals surface area contributed by atoms with E-state index in [-0.39, 0.29) is 10.6 Å². The first-order chi connectivity index (χ1) is 9.08. The average molecular weight is 261 g/mol. The van der Waals surface area contributed by atoms with Crippen molar-refractivity contribution < 1.29 is 4.92 Å². The van der Waals surface area contributed by atoms with Crippen molar-refractivity contribution in [3.63, 3.8) is 0 Å². The molecule has 1 heterocycles. The van der Waals surface area contributed by atoms with E-state index in [0.717, 1.165) is 11.5 Å². The van der Waals surface area contributed by atoms with E-state index in [1.165, 1.54) is 6.07 Å². The molecule has 19 heavy (non-hydrogen) atoms. The fourth-order valence-corrected chi connectivity index (χ4v) is 1.82. The smallest absolute Gasteiger partial charge is 0.274 e. The van der Waals surface area contributed by atoms with Gasteiger partial charge in [0.25, 0.3) is 5.69 Å². The molecule has 0 fully saturated rings. The van der Waals surface area contributed by atoms with E-state index in [2.05, 4.69) is 15.4 Å². The predicted octanol–water partition coefficient (Wildman–Crippen LogP) is 1.69. The number of nitrogens with one attached hydrogen (secondary N) is 1. The van der Waals surface area contributed by atoms with Crippen LogP contribution in [0.1, 0.15) is 11.4 Å². The fraction of sp³-hybridized carbons (Fsp3) is 0.333. The van der Waals surface area contributed by atoms with Gasteiger partial charge in [0, 0.05) is 37.3 Å². The van der Waals surface area contributed by atoms with Crippen molar-refractivity contribution in [3.05, 3.63) is 46.0 Å². The Morgan fingerprint density at radius 1 is 1.47 bits per heavy atom. The zero-order valence-corrected chi connectivity index (χ0v) is 10.8. The fourth-order valence-electron chi connectivity index (χ4n) is 1.82. The molecule has 0 aliphatic rings. The van der Waals surface area contributed by atoms with Crippen molar-refractivity contribution in [3.8, 4) is 0 Å². The third-order valence-corrected chi connectivity index (χ3v) is 2.81. The molecule has 1 aromatic carbocycles. The number of hydrogen-bond donors (Lipinski definition) is 1. The highest BCUT2D eigenvalue weighted by Crippen LogP contribution is 2.24. The third kappa shape index (κ3) is 3.06. The Balaban J connectivity index is 2.00. The monoisotopic (exact) mass is 261 g/mol. The number of benzene rings is 1. The molecule has 0 bridgehead atoms. The highest BCUT2D eigenvalue weighted by atomic mass is 16.6. The SMILES string of the molecule is Cc1c(NCCc2ncn(C)n2)cccc1[N+](=O)[O-]. The van der Waals surface area contributed by atoms with Gasteiger partial charge in [-0.25, -0.2) is 4.98 Å². The summed E-state index contributed by atoms with van der Waals surface area (Å²) in [6.07, 6.45) is 2.32. The van der Waals surface area contributed by atoms with Crippen molar-refractivity contribution in [1.82, 2.24) is 14.8 Å². The van der Waals surface area contributed by atoms with Crippen molar-refractivity contribution in [2.45, 2.75) is 13.3 Å². The Bertz CT molecular complexity index is 594. The van der Waals surface area contributed by atoms with Gasteiger partial charge in [0.2, 0.25) is 0 Å². The van der Waals surface area contributed by atoms with Gasteiger partial charge < -0.3 is 5.32 Å². The van der Waals surface area contributed by atoms with Crippen molar-refractivity contribution in [2.75, 3.05) is 11.9 Å². The summed E-state index contributed by atoms with van der Waals surface area (Å²) in [5.74, 6) is 0.748. The summed E-state index contributed by atoms with van der Waals surface area (Å²) in [6, 6.07) is 5.00. The van der Waals surface area contributed by atoms with Gasteiger partial charge >= 0.3 is 0 Å². The molecule has 0 radical (unpaired) electrons. The summed E-state index contributed by atoms with van der Waals surface area (Å²) in [4.78, 5) is 14.6. The van der Waals surface area contributed by atoms with Crippen LogP contribution in [-0.4, -0.2) is 26.2 Å². The number of rotatable bonds is 5. The molecule has 100 valence electrons. The molecule has 0 saturated heterocycles. The highest BCUT2D eigenvalue weighted by Gasteiger charge is 2.12. The minimum Gasteiger partial charge on any atom is -0.384 e. The second kappa shape index (κ2) is 5.47. The molecular formula is C12H15N5O2. The highest BCUT2D eigenvalue weighted by molar-refractivity contribution is 5.59. The van der Waals surface area contributed by atoms with Crippen molar-refractivity contribution in [1.29, 1.82) is 0 Å². The Labute approximate surface area is 110 Å². The molecule has 0 atom stereocenters. The van der Waals surface area contributed by atoms with Gasteiger partial charge in [0.15, 0.2) is 5.82 Å². The van der Waals surface area contributed by atoms with Crippen molar-refractivity contribution >= 4 is 11.4 Å². The van der Waals surface area contributed by atoms with Crippen LogP contribution in [0.3, 0.4) is 0 Å². The second-order valence-electron chi connectivity index (χ2n) is 4.22. The third-order valence-electron chi connectivity index (χ3n) is 2.81. The zero-order chi connectivity index (χ0) is 13.8. The van der Waals surface area contributed by atoms with E-state index >= 15 is 0 Å². The molecule has 0 spiro atoms. The van der Waals surface area contributed by atoms with Gasteiger partial charge in [-0.2, -0.15) is 5.10 Å². The maximum atomic E-state index is 10.8. The predicted molar refractivity (Wildman–Crippen MR) is 71.0 cm³/mol.